The number of piperidine rings is 1. The Morgan fingerprint density at radius 2 is 1.86 bits per heavy atom. The maximum atomic E-state index is 14.0. The van der Waals surface area contributed by atoms with E-state index in [9.17, 15) is 26.8 Å². The summed E-state index contributed by atoms with van der Waals surface area (Å²) < 4.78 is 56.9. The number of aromatic nitrogens is 1. The number of hydrogen-bond donors (Lipinski definition) is 3. The molecule has 0 radical (unpaired) electrons. The van der Waals surface area contributed by atoms with E-state index < -0.39 is 28.1 Å². The third-order valence-electron chi connectivity index (χ3n) is 8.45. The molecule has 1 aliphatic heterocycles. The second-order valence-corrected chi connectivity index (χ2v) is 13.1. The molecule has 1 saturated heterocycles. The highest BCUT2D eigenvalue weighted by molar-refractivity contribution is 7.89. The Labute approximate surface area is 252 Å². The van der Waals surface area contributed by atoms with Gasteiger partial charge in [-0.3, -0.25) is 9.59 Å². The number of hydrogen-bond acceptors (Lipinski definition) is 6. The van der Waals surface area contributed by atoms with E-state index in [2.05, 4.69) is 15.0 Å². The number of para-hydroxylation sites is 1. The lowest BCUT2D eigenvalue weighted by molar-refractivity contribution is -0.133. The number of likely N-dealkylation sites (tertiary alicyclic amines) is 1. The van der Waals surface area contributed by atoms with Crippen LogP contribution in [0.5, 0.6) is 0 Å². The Hall–Kier alpha value is -3.38. The maximum absolute atomic E-state index is 14.0. The van der Waals surface area contributed by atoms with Gasteiger partial charge in [0, 0.05) is 25.7 Å². The van der Waals surface area contributed by atoms with Crippen LogP contribution in [0, 0.1) is 6.92 Å². The summed E-state index contributed by atoms with van der Waals surface area (Å²) in [5.41, 5.74) is 8.70. The normalized spacial score (nSPS) is 16.7. The molecule has 2 amide bonds. The van der Waals surface area contributed by atoms with Crippen LogP contribution in [0.2, 0.25) is 0 Å². The van der Waals surface area contributed by atoms with Crippen LogP contribution in [0.3, 0.4) is 0 Å². The van der Waals surface area contributed by atoms with E-state index in [0.717, 1.165) is 42.4 Å². The molecule has 12 heteroatoms. The summed E-state index contributed by atoms with van der Waals surface area (Å²) in [7, 11) is -4.28. The number of aryl methyl sites for hydroxylation is 2. The summed E-state index contributed by atoms with van der Waals surface area (Å²) >= 11 is 0. The Morgan fingerprint density at radius 1 is 1.16 bits per heavy atom. The number of carbonyl (C=O) groups excluding carboxylic acids is 2. The molecule has 0 spiro atoms. The standard InChI is InChI=1S/C31H41F2N5O4S/c1-3-28(39)36-29-24(21-8-4-5-9-21)11-7-13-26(29)43(41,42)37-25(12-6-10-23-19-35-27(34)18-20(23)2)31(40)38-16-14-22(15-17-38)30(32)33/h7,11,13,18-19,21,25,37H,3-6,8-10,12,14-17H2,1-2H3,(H2,34,35)(H,36,39)/t25-/m0/s1. The fourth-order valence-electron chi connectivity index (χ4n) is 5.97. The average Bonchev–Trinajstić information content (AvgIpc) is 3.52. The van der Waals surface area contributed by atoms with Gasteiger partial charge in [0.2, 0.25) is 21.8 Å². The minimum Gasteiger partial charge on any atom is -0.384 e. The predicted octanol–water partition coefficient (Wildman–Crippen LogP) is 5.42. The molecular weight excluding hydrogens is 576 g/mol. The molecule has 1 saturated carbocycles. The Kier molecular flexibility index (Phi) is 10.9. The van der Waals surface area contributed by atoms with Gasteiger partial charge in [0.15, 0.2) is 0 Å². The molecule has 4 rings (SSSR count). The van der Waals surface area contributed by atoms with E-state index in [4.69, 9.17) is 5.73 Å². The lowest BCUT2D eigenvalue weighted by Crippen LogP contribution is -2.50. The van der Waals surface area contributed by atoms with Gasteiger partial charge >= 0.3 is 0 Å². The molecule has 1 aliphatic carbocycles. The predicted molar refractivity (Wildman–Crippen MR) is 162 cm³/mol. The van der Waals surface area contributed by atoms with E-state index in [1.807, 2.05) is 13.0 Å². The molecule has 0 bridgehead atoms. The topological polar surface area (TPSA) is 134 Å². The first-order valence-corrected chi connectivity index (χ1v) is 16.5. The summed E-state index contributed by atoms with van der Waals surface area (Å²) in [4.78, 5) is 31.7. The molecule has 1 atom stereocenters. The first kappa shape index (κ1) is 32.5. The smallest absolute Gasteiger partial charge is 0.269 e. The molecule has 43 heavy (non-hydrogen) atoms. The largest absolute Gasteiger partial charge is 0.384 e. The van der Waals surface area contributed by atoms with Gasteiger partial charge in [-0.25, -0.2) is 13.4 Å². The van der Waals surface area contributed by atoms with Crippen molar-refractivity contribution >= 4 is 33.3 Å². The van der Waals surface area contributed by atoms with Gasteiger partial charge in [-0.05, 0) is 92.2 Å². The fraction of sp³-hybridized carbons (Fsp3) is 0.516. The van der Waals surface area contributed by atoms with E-state index >= 15 is 0 Å². The molecular formula is C31H41F2N5O4S. The van der Waals surface area contributed by atoms with Gasteiger partial charge in [-0.2, -0.15) is 13.5 Å². The molecule has 234 valence electrons. The van der Waals surface area contributed by atoms with Gasteiger partial charge in [0.05, 0.1) is 5.69 Å². The number of pyridine rings is 1. The van der Waals surface area contributed by atoms with Crippen molar-refractivity contribution in [2.45, 2.75) is 94.9 Å². The van der Waals surface area contributed by atoms with Crippen molar-refractivity contribution in [3.8, 4) is 0 Å². The first-order chi connectivity index (χ1) is 20.5. The number of carbonyl (C=O) groups is 2. The van der Waals surface area contributed by atoms with Crippen molar-refractivity contribution < 1.29 is 26.8 Å². The van der Waals surface area contributed by atoms with E-state index in [1.54, 1.807) is 25.3 Å². The molecule has 2 aromatic rings. The highest BCUT2D eigenvalue weighted by atomic mass is 32.2. The van der Waals surface area contributed by atoms with Crippen LogP contribution in [0.4, 0.5) is 20.3 Å². The summed E-state index contributed by atoms with van der Waals surface area (Å²) in [5.74, 6) is -0.237. The molecule has 0 unspecified atom stereocenters. The molecule has 1 aromatic carbocycles. The average molecular weight is 618 g/mol. The number of nitrogens with one attached hydrogen (secondary N) is 2. The lowest BCUT2D eigenvalue weighted by Gasteiger charge is -2.32. The molecule has 2 fully saturated rings. The number of benzene rings is 1. The van der Waals surface area contributed by atoms with Gasteiger partial charge < -0.3 is 16.0 Å². The molecule has 2 aliphatic rings. The number of anilines is 2. The van der Waals surface area contributed by atoms with Gasteiger partial charge in [-0.1, -0.05) is 31.9 Å². The zero-order chi connectivity index (χ0) is 31.1. The molecule has 9 nitrogen and oxygen atoms in total. The van der Waals surface area contributed by atoms with Gasteiger partial charge in [0.25, 0.3) is 6.08 Å². The number of nitrogen functional groups attached to an aromatic ring is 1. The van der Waals surface area contributed by atoms with Crippen LogP contribution >= 0.6 is 0 Å². The lowest BCUT2D eigenvalue weighted by atomic mass is 9.96. The second kappa shape index (κ2) is 14.4. The summed E-state index contributed by atoms with van der Waals surface area (Å²) in [6.07, 6.45) is 5.25. The minimum absolute atomic E-state index is 0.0209. The molecule has 1 aromatic heterocycles. The SMILES string of the molecule is CCC(=O)Nc1c(C2CCCC2)cccc1S(=O)(=O)N[C@@H](CCCc1cnc(N)cc1C)C(=O)N1CCC(=C(F)F)CC1. The third kappa shape index (κ3) is 8.17. The van der Waals surface area contributed by atoms with Crippen molar-refractivity contribution in [1.29, 1.82) is 0 Å². The van der Waals surface area contributed by atoms with Gasteiger partial charge in [0.1, 0.15) is 16.8 Å². The number of nitrogens with zero attached hydrogens (tertiary/aromatic N) is 2. The van der Waals surface area contributed by atoms with Crippen LogP contribution in [0.1, 0.15) is 87.3 Å². The van der Waals surface area contributed by atoms with Crippen molar-refractivity contribution in [2.75, 3.05) is 24.1 Å². The highest BCUT2D eigenvalue weighted by Crippen LogP contribution is 2.40. The highest BCUT2D eigenvalue weighted by Gasteiger charge is 2.33. The van der Waals surface area contributed by atoms with E-state index in [0.29, 0.717) is 18.7 Å². The Morgan fingerprint density at radius 3 is 2.49 bits per heavy atom. The Balaban J connectivity index is 1.62. The van der Waals surface area contributed by atoms with Crippen molar-refractivity contribution in [1.82, 2.24) is 14.6 Å². The van der Waals surface area contributed by atoms with Crippen molar-refractivity contribution in [3.63, 3.8) is 0 Å². The monoisotopic (exact) mass is 617 g/mol. The quantitative estimate of drug-likeness (QED) is 0.308. The molecule has 4 N–H and O–H groups in total. The van der Waals surface area contributed by atoms with Crippen LogP contribution in [0.25, 0.3) is 0 Å². The zero-order valence-electron chi connectivity index (χ0n) is 24.8. The van der Waals surface area contributed by atoms with Gasteiger partial charge in [-0.15, -0.1) is 0 Å². The van der Waals surface area contributed by atoms with Crippen LogP contribution in [-0.2, 0) is 26.0 Å². The number of halogens is 2. The summed E-state index contributed by atoms with van der Waals surface area (Å²) in [5, 5.41) is 2.82. The maximum Gasteiger partial charge on any atom is 0.269 e. The first-order valence-electron chi connectivity index (χ1n) is 15.0. The summed E-state index contributed by atoms with van der Waals surface area (Å²) in [6, 6.07) is 5.60. The van der Waals surface area contributed by atoms with E-state index in [-0.39, 0.29) is 66.8 Å². The minimum atomic E-state index is -4.28. The van der Waals surface area contributed by atoms with Crippen molar-refractivity contribution in [3.05, 3.63) is 58.8 Å². The van der Waals surface area contributed by atoms with Crippen LogP contribution < -0.4 is 15.8 Å². The molecule has 2 heterocycles. The van der Waals surface area contributed by atoms with E-state index in [1.165, 1.54) is 11.0 Å². The zero-order valence-corrected chi connectivity index (χ0v) is 25.6. The Bertz CT molecular complexity index is 1460. The number of sulfonamides is 1. The van der Waals surface area contributed by atoms with Crippen LogP contribution in [-0.4, -0.2) is 49.2 Å². The van der Waals surface area contributed by atoms with Crippen LogP contribution in [0.15, 0.2) is 47.0 Å². The second-order valence-electron chi connectivity index (χ2n) is 11.4. The number of nitrogens with two attached hydrogens (primary N) is 1. The number of amides is 2. The summed E-state index contributed by atoms with van der Waals surface area (Å²) in [6.45, 7) is 3.77. The fourth-order valence-corrected chi connectivity index (χ4v) is 7.38. The van der Waals surface area contributed by atoms with Crippen molar-refractivity contribution in [2.24, 2.45) is 0 Å². The third-order valence-corrected chi connectivity index (χ3v) is 9.96. The number of rotatable bonds is 11.